The van der Waals surface area contributed by atoms with Gasteiger partial charge in [-0.2, -0.15) is 13.2 Å². The van der Waals surface area contributed by atoms with Crippen molar-refractivity contribution in [1.82, 2.24) is 15.5 Å². The molecule has 2 atom stereocenters. The van der Waals surface area contributed by atoms with Crippen molar-refractivity contribution >= 4 is 16.5 Å². The molecule has 0 bridgehead atoms. The Hall–Kier alpha value is -0.890. The van der Waals surface area contributed by atoms with Gasteiger partial charge in [-0.1, -0.05) is 11.3 Å². The third kappa shape index (κ3) is 2.18. The minimum atomic E-state index is -4.39. The molecule has 0 radical (unpaired) electrons. The van der Waals surface area contributed by atoms with E-state index < -0.39 is 11.2 Å². The molecule has 2 aliphatic rings. The molecule has 100 valence electrons. The predicted molar refractivity (Wildman–Crippen MR) is 61.6 cm³/mol. The van der Waals surface area contributed by atoms with Crippen LogP contribution in [0, 0.1) is 5.92 Å². The number of hydrogen-bond donors (Lipinski definition) is 1. The normalized spacial score (nSPS) is 28.5. The SMILES string of the molecule is FC(F)(F)c1nnc(N2CCC3NCCC3C2)s1. The Morgan fingerprint density at radius 2 is 2.11 bits per heavy atom. The summed E-state index contributed by atoms with van der Waals surface area (Å²) in [6.45, 7) is 2.54. The van der Waals surface area contributed by atoms with Gasteiger partial charge >= 0.3 is 6.18 Å². The second kappa shape index (κ2) is 4.34. The summed E-state index contributed by atoms with van der Waals surface area (Å²) in [7, 11) is 0. The van der Waals surface area contributed by atoms with Gasteiger partial charge in [-0.15, -0.1) is 10.2 Å². The Kier molecular flexibility index (Phi) is 2.93. The largest absolute Gasteiger partial charge is 0.445 e. The fraction of sp³-hybridized carbons (Fsp3) is 0.800. The van der Waals surface area contributed by atoms with Gasteiger partial charge in [-0.25, -0.2) is 0 Å². The molecular formula is C10H13F3N4S. The summed E-state index contributed by atoms with van der Waals surface area (Å²) < 4.78 is 37.4. The fourth-order valence-electron chi connectivity index (χ4n) is 2.68. The van der Waals surface area contributed by atoms with E-state index in [1.807, 2.05) is 4.90 Å². The molecule has 1 aromatic rings. The molecule has 4 nitrogen and oxygen atoms in total. The minimum Gasteiger partial charge on any atom is -0.346 e. The molecule has 0 aromatic carbocycles. The smallest absolute Gasteiger partial charge is 0.346 e. The maximum atomic E-state index is 12.5. The third-order valence-corrected chi connectivity index (χ3v) is 4.61. The van der Waals surface area contributed by atoms with Crippen LogP contribution in [-0.2, 0) is 6.18 Å². The zero-order valence-corrected chi connectivity index (χ0v) is 10.4. The lowest BCUT2D eigenvalue weighted by Gasteiger charge is -2.34. The average Bonchev–Trinajstić information content (AvgIpc) is 2.96. The molecule has 0 spiro atoms. The fourth-order valence-corrected chi connectivity index (χ4v) is 3.43. The number of rotatable bonds is 1. The first kappa shape index (κ1) is 12.2. The first-order valence-corrected chi connectivity index (χ1v) is 6.75. The van der Waals surface area contributed by atoms with E-state index >= 15 is 0 Å². The van der Waals surface area contributed by atoms with Gasteiger partial charge in [0.25, 0.3) is 0 Å². The van der Waals surface area contributed by atoms with Gasteiger partial charge in [0.2, 0.25) is 10.1 Å². The number of aromatic nitrogens is 2. The second-order valence-corrected chi connectivity index (χ2v) is 5.69. The van der Waals surface area contributed by atoms with Crippen LogP contribution < -0.4 is 10.2 Å². The maximum absolute atomic E-state index is 12.5. The summed E-state index contributed by atoms with van der Waals surface area (Å²) >= 11 is 0.639. The first-order chi connectivity index (χ1) is 8.54. The molecule has 2 unspecified atom stereocenters. The lowest BCUT2D eigenvalue weighted by molar-refractivity contribution is -0.138. The van der Waals surface area contributed by atoms with Gasteiger partial charge in [-0.3, -0.25) is 0 Å². The number of alkyl halides is 3. The van der Waals surface area contributed by atoms with E-state index in [2.05, 4.69) is 15.5 Å². The zero-order valence-electron chi connectivity index (χ0n) is 9.57. The quantitative estimate of drug-likeness (QED) is 0.849. The summed E-state index contributed by atoms with van der Waals surface area (Å²) in [6, 6.07) is 0.524. The van der Waals surface area contributed by atoms with Gasteiger partial charge in [0.05, 0.1) is 0 Å². The summed E-state index contributed by atoms with van der Waals surface area (Å²) in [6.07, 6.45) is -2.33. The highest BCUT2D eigenvalue weighted by Gasteiger charge is 2.38. The van der Waals surface area contributed by atoms with Crippen molar-refractivity contribution in [3.8, 4) is 0 Å². The maximum Gasteiger partial charge on any atom is 0.445 e. The van der Waals surface area contributed by atoms with Crippen molar-refractivity contribution in [2.45, 2.75) is 25.1 Å². The highest BCUT2D eigenvalue weighted by atomic mass is 32.1. The molecule has 2 saturated heterocycles. The number of anilines is 1. The molecule has 1 aromatic heterocycles. The number of nitrogens with zero attached hydrogens (tertiary/aromatic N) is 3. The van der Waals surface area contributed by atoms with Crippen molar-refractivity contribution < 1.29 is 13.2 Å². The Morgan fingerprint density at radius 1 is 1.28 bits per heavy atom. The lowest BCUT2D eigenvalue weighted by Crippen LogP contribution is -2.44. The van der Waals surface area contributed by atoms with Crippen molar-refractivity contribution in [2.24, 2.45) is 5.92 Å². The van der Waals surface area contributed by atoms with Crippen molar-refractivity contribution in [2.75, 3.05) is 24.5 Å². The van der Waals surface area contributed by atoms with Crippen LogP contribution in [-0.4, -0.2) is 35.9 Å². The average molecular weight is 278 g/mol. The molecule has 0 saturated carbocycles. The van der Waals surface area contributed by atoms with Crippen molar-refractivity contribution in [3.63, 3.8) is 0 Å². The number of piperidine rings is 1. The van der Waals surface area contributed by atoms with E-state index in [1.165, 1.54) is 0 Å². The van der Waals surface area contributed by atoms with E-state index in [0.29, 0.717) is 28.4 Å². The molecule has 1 N–H and O–H groups in total. The summed E-state index contributed by atoms with van der Waals surface area (Å²) in [4.78, 5) is 1.93. The van der Waals surface area contributed by atoms with Crippen LogP contribution in [0.5, 0.6) is 0 Å². The molecule has 3 heterocycles. The van der Waals surface area contributed by atoms with Crippen LogP contribution in [0.25, 0.3) is 0 Å². The molecule has 3 rings (SSSR count). The Bertz CT molecular complexity index is 433. The van der Waals surface area contributed by atoms with Crippen molar-refractivity contribution in [1.29, 1.82) is 0 Å². The Balaban J connectivity index is 1.73. The molecular weight excluding hydrogens is 265 g/mol. The van der Waals surface area contributed by atoms with Gasteiger partial charge < -0.3 is 10.2 Å². The summed E-state index contributed by atoms with van der Waals surface area (Å²) in [5.41, 5.74) is 0. The van der Waals surface area contributed by atoms with E-state index in [1.54, 1.807) is 0 Å². The highest BCUT2D eigenvalue weighted by molar-refractivity contribution is 7.15. The minimum absolute atomic E-state index is 0.396. The molecule has 2 aliphatic heterocycles. The molecule has 0 aliphatic carbocycles. The predicted octanol–water partition coefficient (Wildman–Crippen LogP) is 1.75. The topological polar surface area (TPSA) is 41.1 Å². The van der Waals surface area contributed by atoms with Gasteiger partial charge in [0, 0.05) is 19.1 Å². The van der Waals surface area contributed by atoms with Crippen LogP contribution in [0.15, 0.2) is 0 Å². The van der Waals surface area contributed by atoms with E-state index in [0.717, 1.165) is 32.5 Å². The van der Waals surface area contributed by atoms with Crippen molar-refractivity contribution in [3.05, 3.63) is 5.01 Å². The summed E-state index contributed by atoms with van der Waals surface area (Å²) in [5, 5.41) is 9.87. The molecule has 8 heteroatoms. The number of nitrogens with one attached hydrogen (secondary N) is 1. The monoisotopic (exact) mass is 278 g/mol. The number of fused-ring (bicyclic) bond motifs is 1. The number of halogens is 3. The highest BCUT2D eigenvalue weighted by Crippen LogP contribution is 2.36. The Labute approximate surface area is 106 Å². The molecule has 2 fully saturated rings. The second-order valence-electron chi connectivity index (χ2n) is 4.73. The van der Waals surface area contributed by atoms with Crippen LogP contribution in [0.4, 0.5) is 18.3 Å². The molecule has 18 heavy (non-hydrogen) atoms. The van der Waals surface area contributed by atoms with Crippen LogP contribution >= 0.6 is 11.3 Å². The van der Waals surface area contributed by atoms with Gasteiger partial charge in [0.1, 0.15) is 0 Å². The van der Waals surface area contributed by atoms with Crippen LogP contribution in [0.3, 0.4) is 0 Å². The molecule has 0 amide bonds. The Morgan fingerprint density at radius 3 is 2.83 bits per heavy atom. The first-order valence-electron chi connectivity index (χ1n) is 5.93. The summed E-state index contributed by atoms with van der Waals surface area (Å²) in [5.74, 6) is 0.525. The van der Waals surface area contributed by atoms with Gasteiger partial charge in [-0.05, 0) is 25.3 Å². The lowest BCUT2D eigenvalue weighted by atomic mass is 9.94. The standard InChI is InChI=1S/C10H13F3N4S/c11-10(12,13)8-15-16-9(18-8)17-4-2-7-6(5-17)1-3-14-7/h6-7,14H,1-5H2. The van der Waals surface area contributed by atoms with E-state index in [-0.39, 0.29) is 0 Å². The van der Waals surface area contributed by atoms with Crippen LogP contribution in [0.1, 0.15) is 17.8 Å². The third-order valence-electron chi connectivity index (χ3n) is 3.58. The zero-order chi connectivity index (χ0) is 12.8. The van der Waals surface area contributed by atoms with Crippen LogP contribution in [0.2, 0.25) is 0 Å². The number of hydrogen-bond acceptors (Lipinski definition) is 5. The van der Waals surface area contributed by atoms with E-state index in [9.17, 15) is 13.2 Å². The van der Waals surface area contributed by atoms with E-state index in [4.69, 9.17) is 0 Å². The van der Waals surface area contributed by atoms with Gasteiger partial charge in [0.15, 0.2) is 0 Å².